The summed E-state index contributed by atoms with van der Waals surface area (Å²) in [6.07, 6.45) is 8.14. The van der Waals surface area contributed by atoms with Crippen LogP contribution in [0.25, 0.3) is 0 Å². The molecule has 0 unspecified atom stereocenters. The zero-order chi connectivity index (χ0) is 12.4. The van der Waals surface area contributed by atoms with Crippen LogP contribution in [0, 0.1) is 5.41 Å². The van der Waals surface area contributed by atoms with Gasteiger partial charge in [-0.15, -0.1) is 0 Å². The predicted molar refractivity (Wildman–Crippen MR) is 66.4 cm³/mol. The molecular weight excluding hydrogens is 216 g/mol. The van der Waals surface area contributed by atoms with Gasteiger partial charge in [-0.3, -0.25) is 4.79 Å². The first-order valence-corrected chi connectivity index (χ1v) is 6.76. The number of nitrogens with one attached hydrogen (secondary N) is 1. The normalized spacial score (nSPS) is 25.3. The van der Waals surface area contributed by atoms with Crippen LogP contribution < -0.4 is 11.1 Å². The minimum absolute atomic E-state index is 0.0217. The molecule has 0 saturated heterocycles. The minimum Gasteiger partial charge on any atom is -0.394 e. The van der Waals surface area contributed by atoms with E-state index in [0.717, 1.165) is 25.7 Å². The molecule has 0 aromatic carbocycles. The Bertz CT molecular complexity index is 281. The molecule has 4 N–H and O–H groups in total. The van der Waals surface area contributed by atoms with Crippen molar-refractivity contribution in [1.82, 2.24) is 5.32 Å². The molecule has 2 fully saturated rings. The van der Waals surface area contributed by atoms with Crippen LogP contribution in [0.15, 0.2) is 0 Å². The summed E-state index contributed by atoms with van der Waals surface area (Å²) in [4.78, 5) is 12.0. The van der Waals surface area contributed by atoms with Gasteiger partial charge in [0.15, 0.2) is 0 Å². The van der Waals surface area contributed by atoms with Gasteiger partial charge in [0.2, 0.25) is 5.91 Å². The Hall–Kier alpha value is -0.610. The largest absolute Gasteiger partial charge is 0.394 e. The summed E-state index contributed by atoms with van der Waals surface area (Å²) in [6.45, 7) is 0.668. The van der Waals surface area contributed by atoms with E-state index in [0.29, 0.717) is 13.0 Å². The molecule has 0 spiro atoms. The molecule has 0 aromatic heterocycles. The van der Waals surface area contributed by atoms with Crippen LogP contribution in [0.4, 0.5) is 0 Å². The zero-order valence-electron chi connectivity index (χ0n) is 10.5. The summed E-state index contributed by atoms with van der Waals surface area (Å²) >= 11 is 0. The number of amides is 1. The van der Waals surface area contributed by atoms with Gasteiger partial charge in [0.1, 0.15) is 0 Å². The van der Waals surface area contributed by atoms with Crippen LogP contribution in [-0.2, 0) is 4.79 Å². The van der Waals surface area contributed by atoms with Gasteiger partial charge in [-0.05, 0) is 37.6 Å². The molecule has 2 rings (SSSR count). The van der Waals surface area contributed by atoms with E-state index < -0.39 is 0 Å². The topological polar surface area (TPSA) is 75.4 Å². The number of aliphatic hydroxyl groups excluding tert-OH is 1. The van der Waals surface area contributed by atoms with Crippen LogP contribution >= 0.6 is 0 Å². The standard InChI is InChI=1S/C13H24N2O2/c14-9-12(4-2-1-3-5-12)8-11(17)15-13(10-16)6-7-13/h16H,1-10,14H2,(H,15,17). The fraction of sp³-hybridized carbons (Fsp3) is 0.923. The Kier molecular flexibility index (Phi) is 3.73. The van der Waals surface area contributed by atoms with Crippen LogP contribution in [-0.4, -0.2) is 29.7 Å². The predicted octanol–water partition coefficient (Wildman–Crippen LogP) is 0.927. The van der Waals surface area contributed by atoms with Crippen molar-refractivity contribution in [2.45, 2.75) is 56.9 Å². The monoisotopic (exact) mass is 240 g/mol. The van der Waals surface area contributed by atoms with E-state index in [4.69, 9.17) is 5.73 Å². The fourth-order valence-electron chi connectivity index (χ4n) is 2.91. The second kappa shape index (κ2) is 4.94. The number of rotatable bonds is 5. The molecular formula is C13H24N2O2. The molecule has 2 aliphatic rings. The van der Waals surface area contributed by atoms with Crippen LogP contribution in [0.2, 0.25) is 0 Å². The molecule has 4 nitrogen and oxygen atoms in total. The molecule has 2 saturated carbocycles. The maximum atomic E-state index is 12.0. The maximum Gasteiger partial charge on any atom is 0.221 e. The van der Waals surface area contributed by atoms with Gasteiger partial charge in [0.05, 0.1) is 12.1 Å². The quantitative estimate of drug-likeness (QED) is 0.669. The van der Waals surface area contributed by atoms with Crippen LogP contribution in [0.5, 0.6) is 0 Å². The summed E-state index contributed by atoms with van der Waals surface area (Å²) in [5.74, 6) is 0.0731. The lowest BCUT2D eigenvalue weighted by molar-refractivity contribution is -0.125. The molecule has 1 amide bonds. The van der Waals surface area contributed by atoms with Crippen molar-refractivity contribution in [1.29, 1.82) is 0 Å². The first-order chi connectivity index (χ1) is 8.14. The number of nitrogens with two attached hydrogens (primary N) is 1. The minimum atomic E-state index is -0.290. The average molecular weight is 240 g/mol. The second-order valence-corrected chi connectivity index (χ2v) is 5.93. The van der Waals surface area contributed by atoms with Gasteiger partial charge < -0.3 is 16.2 Å². The highest BCUT2D eigenvalue weighted by Gasteiger charge is 2.44. The van der Waals surface area contributed by atoms with E-state index in [1.165, 1.54) is 19.3 Å². The van der Waals surface area contributed by atoms with E-state index in [1.807, 2.05) is 0 Å². The summed E-state index contributed by atoms with van der Waals surface area (Å²) in [7, 11) is 0. The third kappa shape index (κ3) is 2.99. The van der Waals surface area contributed by atoms with Gasteiger partial charge in [-0.2, -0.15) is 0 Å². The molecule has 0 bridgehead atoms. The van der Waals surface area contributed by atoms with Crippen molar-refractivity contribution >= 4 is 5.91 Å². The third-order valence-corrected chi connectivity index (χ3v) is 4.44. The highest BCUT2D eigenvalue weighted by molar-refractivity contribution is 5.78. The Labute approximate surface area is 103 Å². The molecule has 2 aliphatic carbocycles. The van der Waals surface area contributed by atoms with Gasteiger partial charge in [-0.25, -0.2) is 0 Å². The van der Waals surface area contributed by atoms with Crippen molar-refractivity contribution in [3.8, 4) is 0 Å². The summed E-state index contributed by atoms with van der Waals surface area (Å²) in [6, 6.07) is 0. The van der Waals surface area contributed by atoms with E-state index in [9.17, 15) is 9.90 Å². The summed E-state index contributed by atoms with van der Waals surface area (Å²) < 4.78 is 0. The molecule has 98 valence electrons. The Morgan fingerprint density at radius 3 is 2.29 bits per heavy atom. The Morgan fingerprint density at radius 1 is 1.18 bits per heavy atom. The lowest BCUT2D eigenvalue weighted by Crippen LogP contribution is -2.44. The van der Waals surface area contributed by atoms with Crippen molar-refractivity contribution in [3.63, 3.8) is 0 Å². The molecule has 0 aromatic rings. The first-order valence-electron chi connectivity index (χ1n) is 6.76. The van der Waals surface area contributed by atoms with Crippen LogP contribution in [0.1, 0.15) is 51.4 Å². The second-order valence-electron chi connectivity index (χ2n) is 5.93. The molecule has 0 atom stereocenters. The van der Waals surface area contributed by atoms with Gasteiger partial charge in [0, 0.05) is 6.42 Å². The summed E-state index contributed by atoms with van der Waals surface area (Å²) in [5, 5.41) is 12.2. The highest BCUT2D eigenvalue weighted by Crippen LogP contribution is 2.40. The van der Waals surface area contributed by atoms with Gasteiger partial charge >= 0.3 is 0 Å². The van der Waals surface area contributed by atoms with Gasteiger partial charge in [-0.1, -0.05) is 19.3 Å². The van der Waals surface area contributed by atoms with Crippen molar-refractivity contribution in [2.75, 3.05) is 13.2 Å². The van der Waals surface area contributed by atoms with Crippen molar-refractivity contribution in [2.24, 2.45) is 11.1 Å². The summed E-state index contributed by atoms with van der Waals surface area (Å²) in [5.41, 5.74) is 5.60. The number of carbonyl (C=O) groups excluding carboxylic acids is 1. The molecule has 0 heterocycles. The number of aliphatic hydroxyl groups is 1. The molecule has 4 heteroatoms. The van der Waals surface area contributed by atoms with E-state index in [-0.39, 0.29) is 23.5 Å². The first kappa shape index (κ1) is 12.8. The molecule has 0 radical (unpaired) electrons. The lowest BCUT2D eigenvalue weighted by atomic mass is 9.71. The van der Waals surface area contributed by atoms with Crippen LogP contribution in [0.3, 0.4) is 0 Å². The van der Waals surface area contributed by atoms with E-state index in [2.05, 4.69) is 5.32 Å². The van der Waals surface area contributed by atoms with Crippen molar-refractivity contribution < 1.29 is 9.90 Å². The fourth-order valence-corrected chi connectivity index (χ4v) is 2.91. The zero-order valence-corrected chi connectivity index (χ0v) is 10.5. The highest BCUT2D eigenvalue weighted by atomic mass is 16.3. The number of hydrogen-bond acceptors (Lipinski definition) is 3. The Morgan fingerprint density at radius 2 is 1.82 bits per heavy atom. The third-order valence-electron chi connectivity index (χ3n) is 4.44. The Balaban J connectivity index is 1.87. The number of carbonyl (C=O) groups is 1. The van der Waals surface area contributed by atoms with Crippen molar-refractivity contribution in [3.05, 3.63) is 0 Å². The lowest BCUT2D eigenvalue weighted by Gasteiger charge is -2.36. The SMILES string of the molecule is NCC1(CC(=O)NC2(CO)CC2)CCCCC1. The smallest absolute Gasteiger partial charge is 0.221 e. The van der Waals surface area contributed by atoms with E-state index in [1.54, 1.807) is 0 Å². The van der Waals surface area contributed by atoms with Gasteiger partial charge in [0.25, 0.3) is 0 Å². The van der Waals surface area contributed by atoms with E-state index >= 15 is 0 Å². The molecule has 0 aliphatic heterocycles. The number of hydrogen-bond donors (Lipinski definition) is 3. The maximum absolute atomic E-state index is 12.0. The average Bonchev–Trinajstić information content (AvgIpc) is 3.10. The molecule has 17 heavy (non-hydrogen) atoms.